The fourth-order valence-corrected chi connectivity index (χ4v) is 2.99. The lowest BCUT2D eigenvalue weighted by Gasteiger charge is -2.40. The highest BCUT2D eigenvalue weighted by molar-refractivity contribution is 5.77. The molecule has 0 spiro atoms. The van der Waals surface area contributed by atoms with Gasteiger partial charge >= 0.3 is 12.0 Å². The second kappa shape index (κ2) is 8.05. The predicted molar refractivity (Wildman–Crippen MR) is 83.2 cm³/mol. The predicted octanol–water partition coefficient (Wildman–Crippen LogP) is 2.97. The maximum atomic E-state index is 12.3. The first kappa shape index (κ1) is 17.5. The molecular formula is C16H28N2O3. The van der Waals surface area contributed by atoms with Crippen molar-refractivity contribution in [2.45, 2.75) is 45.4 Å². The molecule has 0 aromatic heterocycles. The van der Waals surface area contributed by atoms with Gasteiger partial charge in [0.1, 0.15) is 0 Å². The molecule has 1 saturated heterocycles. The summed E-state index contributed by atoms with van der Waals surface area (Å²) >= 11 is 0. The Kier molecular flexibility index (Phi) is 6.72. The van der Waals surface area contributed by atoms with E-state index < -0.39 is 11.4 Å². The Morgan fingerprint density at radius 2 is 2.00 bits per heavy atom. The summed E-state index contributed by atoms with van der Waals surface area (Å²) in [4.78, 5) is 27.3. The number of carboxylic acid groups (broad SMARTS) is 1. The number of hydrogen-bond acceptors (Lipinski definition) is 2. The van der Waals surface area contributed by atoms with Gasteiger partial charge in [-0.3, -0.25) is 4.79 Å². The van der Waals surface area contributed by atoms with Crippen molar-refractivity contribution in [1.29, 1.82) is 0 Å². The number of aliphatic carboxylic acids is 1. The van der Waals surface area contributed by atoms with Crippen LogP contribution in [0.1, 0.15) is 45.4 Å². The molecule has 5 nitrogen and oxygen atoms in total. The van der Waals surface area contributed by atoms with Gasteiger partial charge in [0, 0.05) is 26.7 Å². The van der Waals surface area contributed by atoms with Crippen LogP contribution in [0.25, 0.3) is 0 Å². The molecule has 1 N–H and O–H groups in total. The van der Waals surface area contributed by atoms with Crippen molar-refractivity contribution in [1.82, 2.24) is 9.80 Å². The molecule has 1 fully saturated rings. The van der Waals surface area contributed by atoms with Gasteiger partial charge in [-0.2, -0.15) is 0 Å². The van der Waals surface area contributed by atoms with Crippen LogP contribution in [0.2, 0.25) is 0 Å². The highest BCUT2D eigenvalue weighted by atomic mass is 16.4. The third kappa shape index (κ3) is 4.48. The van der Waals surface area contributed by atoms with Crippen LogP contribution in [0.4, 0.5) is 4.79 Å². The average molecular weight is 296 g/mol. The number of carboxylic acids is 1. The molecule has 0 radical (unpaired) electrons. The van der Waals surface area contributed by atoms with Crippen molar-refractivity contribution in [2.24, 2.45) is 5.41 Å². The van der Waals surface area contributed by atoms with E-state index in [0.717, 1.165) is 19.3 Å². The lowest BCUT2D eigenvalue weighted by atomic mass is 9.75. The molecule has 0 atom stereocenters. The molecule has 1 heterocycles. The topological polar surface area (TPSA) is 60.9 Å². The lowest BCUT2D eigenvalue weighted by Crippen LogP contribution is -2.50. The first-order valence-electron chi connectivity index (χ1n) is 7.81. The van der Waals surface area contributed by atoms with E-state index in [1.54, 1.807) is 16.8 Å². The van der Waals surface area contributed by atoms with Crippen LogP contribution in [-0.2, 0) is 4.79 Å². The molecule has 2 amide bonds. The number of unbranched alkanes of at least 4 members (excludes halogenated alkanes) is 1. The Labute approximate surface area is 127 Å². The second-order valence-corrected chi connectivity index (χ2v) is 5.96. The van der Waals surface area contributed by atoms with Gasteiger partial charge in [-0.15, -0.1) is 6.58 Å². The van der Waals surface area contributed by atoms with Crippen molar-refractivity contribution in [3.8, 4) is 0 Å². The van der Waals surface area contributed by atoms with Crippen LogP contribution in [0.15, 0.2) is 12.7 Å². The van der Waals surface area contributed by atoms with Crippen molar-refractivity contribution in [2.75, 3.05) is 26.7 Å². The van der Waals surface area contributed by atoms with Crippen LogP contribution >= 0.6 is 0 Å². The number of hydrogen-bond donors (Lipinski definition) is 1. The van der Waals surface area contributed by atoms with Crippen molar-refractivity contribution in [3.63, 3.8) is 0 Å². The zero-order valence-corrected chi connectivity index (χ0v) is 13.3. The minimum atomic E-state index is -0.712. The molecule has 1 rings (SSSR count). The van der Waals surface area contributed by atoms with Crippen molar-refractivity contribution < 1.29 is 14.7 Å². The molecule has 0 aromatic rings. The number of carbonyl (C=O) groups excluding carboxylic acids is 1. The second-order valence-electron chi connectivity index (χ2n) is 5.96. The third-order valence-corrected chi connectivity index (χ3v) is 4.40. The Balaban J connectivity index is 2.52. The minimum Gasteiger partial charge on any atom is -0.481 e. The summed E-state index contributed by atoms with van der Waals surface area (Å²) in [5.41, 5.74) is -0.632. The fraction of sp³-hybridized carbons (Fsp3) is 0.750. The SMILES string of the molecule is C=CCCCN(C)C(=O)N1CCC(CCC)(C(=O)O)CC1. The maximum Gasteiger partial charge on any atom is 0.319 e. The number of nitrogens with zero attached hydrogens (tertiary/aromatic N) is 2. The molecule has 0 aromatic carbocycles. The van der Waals surface area contributed by atoms with Gasteiger partial charge in [0.15, 0.2) is 0 Å². The molecule has 21 heavy (non-hydrogen) atoms. The average Bonchev–Trinajstić information content (AvgIpc) is 2.47. The van der Waals surface area contributed by atoms with Crippen LogP contribution in [0.3, 0.4) is 0 Å². The number of urea groups is 1. The van der Waals surface area contributed by atoms with Crippen LogP contribution < -0.4 is 0 Å². The monoisotopic (exact) mass is 296 g/mol. The normalized spacial score (nSPS) is 17.3. The minimum absolute atomic E-state index is 0.00884. The molecule has 0 saturated carbocycles. The summed E-state index contributed by atoms with van der Waals surface area (Å²) < 4.78 is 0. The van der Waals surface area contributed by atoms with E-state index in [-0.39, 0.29) is 6.03 Å². The number of piperidine rings is 1. The van der Waals surface area contributed by atoms with E-state index in [0.29, 0.717) is 38.9 Å². The molecule has 0 bridgehead atoms. The van der Waals surface area contributed by atoms with Gasteiger partial charge in [-0.1, -0.05) is 19.4 Å². The Morgan fingerprint density at radius 1 is 1.38 bits per heavy atom. The summed E-state index contributed by atoms with van der Waals surface area (Å²) in [7, 11) is 1.80. The molecule has 1 aliphatic heterocycles. The smallest absolute Gasteiger partial charge is 0.319 e. The van der Waals surface area contributed by atoms with E-state index in [9.17, 15) is 14.7 Å². The highest BCUT2D eigenvalue weighted by Crippen LogP contribution is 2.36. The summed E-state index contributed by atoms with van der Waals surface area (Å²) in [6.45, 7) is 7.47. The number of rotatable bonds is 7. The maximum absolute atomic E-state index is 12.3. The van der Waals surface area contributed by atoms with E-state index in [4.69, 9.17) is 0 Å². The first-order chi connectivity index (χ1) is 9.96. The number of carbonyl (C=O) groups is 2. The molecule has 120 valence electrons. The first-order valence-corrected chi connectivity index (χ1v) is 7.81. The Hall–Kier alpha value is -1.52. The van der Waals surface area contributed by atoms with Gasteiger partial charge < -0.3 is 14.9 Å². The molecule has 0 unspecified atom stereocenters. The van der Waals surface area contributed by atoms with Gasteiger partial charge in [-0.05, 0) is 32.1 Å². The van der Waals surface area contributed by atoms with Crippen molar-refractivity contribution in [3.05, 3.63) is 12.7 Å². The third-order valence-electron chi connectivity index (χ3n) is 4.40. The van der Waals surface area contributed by atoms with Gasteiger partial charge in [0.05, 0.1) is 5.41 Å². The fourth-order valence-electron chi connectivity index (χ4n) is 2.99. The van der Waals surface area contributed by atoms with Crippen molar-refractivity contribution >= 4 is 12.0 Å². The van der Waals surface area contributed by atoms with Crippen LogP contribution in [0, 0.1) is 5.41 Å². The van der Waals surface area contributed by atoms with E-state index in [1.807, 2.05) is 13.0 Å². The Bertz CT molecular complexity index is 374. The summed E-state index contributed by atoms with van der Waals surface area (Å²) in [5, 5.41) is 9.47. The zero-order chi connectivity index (χ0) is 15.9. The van der Waals surface area contributed by atoms with Gasteiger partial charge in [0.25, 0.3) is 0 Å². The quantitative estimate of drug-likeness (QED) is 0.580. The van der Waals surface area contributed by atoms with Crippen LogP contribution in [-0.4, -0.2) is 53.6 Å². The number of allylic oxidation sites excluding steroid dienone is 1. The van der Waals surface area contributed by atoms with E-state index in [1.165, 1.54) is 0 Å². The molecule has 0 aliphatic carbocycles. The largest absolute Gasteiger partial charge is 0.481 e. The standard InChI is InChI=1S/C16H28N2O3/c1-4-6-7-11-17(3)15(21)18-12-9-16(8-5-2,10-13-18)14(19)20/h4H,1,5-13H2,2-3H3,(H,19,20). The summed E-state index contributed by atoms with van der Waals surface area (Å²) in [5.74, 6) is -0.712. The molecular weight excluding hydrogens is 268 g/mol. The van der Waals surface area contributed by atoms with Gasteiger partial charge in [0.2, 0.25) is 0 Å². The van der Waals surface area contributed by atoms with Gasteiger partial charge in [-0.25, -0.2) is 4.79 Å². The van der Waals surface area contributed by atoms with E-state index >= 15 is 0 Å². The zero-order valence-electron chi connectivity index (χ0n) is 13.3. The molecule has 5 heteroatoms. The number of likely N-dealkylation sites (tertiary alicyclic amines) is 1. The highest BCUT2D eigenvalue weighted by Gasteiger charge is 2.41. The lowest BCUT2D eigenvalue weighted by molar-refractivity contribution is -0.152. The Morgan fingerprint density at radius 3 is 2.48 bits per heavy atom. The summed E-state index contributed by atoms with van der Waals surface area (Å²) in [6.07, 6.45) is 6.34. The molecule has 1 aliphatic rings. The summed E-state index contributed by atoms with van der Waals surface area (Å²) in [6, 6.07) is 0.00884. The van der Waals surface area contributed by atoms with E-state index in [2.05, 4.69) is 6.58 Å². The number of amides is 2. The van der Waals surface area contributed by atoms with Crippen LogP contribution in [0.5, 0.6) is 0 Å².